The van der Waals surface area contributed by atoms with E-state index in [2.05, 4.69) is 0 Å². The number of hydrogen-bond donors (Lipinski definition) is 0. The maximum absolute atomic E-state index is 12.5. The van der Waals surface area contributed by atoms with Crippen LogP contribution in [0.4, 0.5) is 4.79 Å². The quantitative estimate of drug-likeness (QED) is 0.832. The van der Waals surface area contributed by atoms with Crippen molar-refractivity contribution in [1.82, 2.24) is 14.7 Å². The Kier molecular flexibility index (Phi) is 4.55. The highest BCUT2D eigenvalue weighted by Crippen LogP contribution is 2.18. The van der Waals surface area contributed by atoms with Crippen molar-refractivity contribution in [2.24, 2.45) is 0 Å². The second-order valence-corrected chi connectivity index (χ2v) is 5.53. The van der Waals surface area contributed by atoms with Crippen molar-refractivity contribution in [1.29, 1.82) is 0 Å². The van der Waals surface area contributed by atoms with E-state index in [4.69, 9.17) is 4.42 Å². The second kappa shape index (κ2) is 6.20. The summed E-state index contributed by atoms with van der Waals surface area (Å²) >= 11 is 0. The van der Waals surface area contributed by atoms with Gasteiger partial charge in [0, 0.05) is 52.3 Å². The van der Waals surface area contributed by atoms with Crippen LogP contribution in [0.2, 0.25) is 0 Å². The normalized spacial score (nSPS) is 15.2. The summed E-state index contributed by atoms with van der Waals surface area (Å²) in [5.74, 6) is 1.18. The molecule has 0 radical (unpaired) electrons. The third kappa shape index (κ3) is 3.20. The molecule has 116 valence electrons. The van der Waals surface area contributed by atoms with Gasteiger partial charge in [-0.1, -0.05) is 6.92 Å². The van der Waals surface area contributed by atoms with Crippen molar-refractivity contribution in [2.75, 3.05) is 40.3 Å². The Hall–Kier alpha value is -1.98. The first kappa shape index (κ1) is 15.4. The number of aryl methyl sites for hydroxylation is 2. The average Bonchev–Trinajstić information content (AvgIpc) is 2.87. The Balaban J connectivity index is 2.00. The van der Waals surface area contributed by atoms with Crippen LogP contribution >= 0.6 is 0 Å². The minimum atomic E-state index is -0.0795. The van der Waals surface area contributed by atoms with Crippen molar-refractivity contribution in [3.8, 4) is 0 Å². The van der Waals surface area contributed by atoms with Crippen LogP contribution in [-0.4, -0.2) is 66.9 Å². The van der Waals surface area contributed by atoms with Gasteiger partial charge in [0.15, 0.2) is 5.76 Å². The van der Waals surface area contributed by atoms with Gasteiger partial charge in [0.2, 0.25) is 0 Å². The molecular weight excluding hydrogens is 270 g/mol. The maximum Gasteiger partial charge on any atom is 0.319 e. The summed E-state index contributed by atoms with van der Waals surface area (Å²) in [5, 5.41) is 0. The molecule has 1 aliphatic rings. The number of carbonyl (C=O) groups is 2. The molecule has 0 unspecified atom stereocenters. The molecule has 0 bridgehead atoms. The summed E-state index contributed by atoms with van der Waals surface area (Å²) in [6.07, 6.45) is 0.777. The smallest absolute Gasteiger partial charge is 0.319 e. The Morgan fingerprint density at radius 3 is 2.24 bits per heavy atom. The summed E-state index contributed by atoms with van der Waals surface area (Å²) in [6.45, 7) is 6.09. The van der Waals surface area contributed by atoms with Crippen molar-refractivity contribution in [2.45, 2.75) is 20.3 Å². The van der Waals surface area contributed by atoms with Gasteiger partial charge in [-0.15, -0.1) is 0 Å². The highest BCUT2D eigenvalue weighted by molar-refractivity contribution is 5.93. The van der Waals surface area contributed by atoms with Gasteiger partial charge < -0.3 is 19.1 Å². The number of carbonyl (C=O) groups excluding carboxylic acids is 2. The van der Waals surface area contributed by atoms with Gasteiger partial charge in [0.1, 0.15) is 5.76 Å². The summed E-state index contributed by atoms with van der Waals surface area (Å²) in [5.41, 5.74) is 0.878. The molecule has 2 heterocycles. The van der Waals surface area contributed by atoms with Crippen molar-refractivity contribution >= 4 is 11.9 Å². The van der Waals surface area contributed by atoms with Crippen LogP contribution in [0, 0.1) is 6.92 Å². The molecular formula is C15H23N3O3. The van der Waals surface area contributed by atoms with Crippen LogP contribution in [0.1, 0.15) is 28.8 Å². The van der Waals surface area contributed by atoms with E-state index < -0.39 is 0 Å². The topological polar surface area (TPSA) is 57.0 Å². The van der Waals surface area contributed by atoms with Crippen LogP contribution in [0.25, 0.3) is 0 Å². The van der Waals surface area contributed by atoms with Crippen molar-refractivity contribution in [3.63, 3.8) is 0 Å². The first-order valence-corrected chi connectivity index (χ1v) is 7.28. The first-order valence-electron chi connectivity index (χ1n) is 7.28. The minimum Gasteiger partial charge on any atom is -0.456 e. The zero-order valence-corrected chi connectivity index (χ0v) is 13.2. The minimum absolute atomic E-state index is 0.00968. The summed E-state index contributed by atoms with van der Waals surface area (Å²) < 4.78 is 5.61. The van der Waals surface area contributed by atoms with Gasteiger partial charge in [-0.05, 0) is 13.0 Å². The molecule has 0 aromatic carbocycles. The first-order chi connectivity index (χ1) is 9.93. The summed E-state index contributed by atoms with van der Waals surface area (Å²) in [6, 6.07) is 1.91. The number of nitrogens with zero attached hydrogens (tertiary/aromatic N) is 3. The number of piperazine rings is 1. The molecule has 0 N–H and O–H groups in total. The molecule has 1 aromatic rings. The highest BCUT2D eigenvalue weighted by atomic mass is 16.4. The fourth-order valence-corrected chi connectivity index (χ4v) is 2.46. The molecule has 6 nitrogen and oxygen atoms in total. The van der Waals surface area contributed by atoms with Crippen molar-refractivity contribution in [3.05, 3.63) is 23.2 Å². The van der Waals surface area contributed by atoms with Crippen LogP contribution in [0.5, 0.6) is 0 Å². The van der Waals surface area contributed by atoms with E-state index in [-0.39, 0.29) is 11.9 Å². The largest absolute Gasteiger partial charge is 0.456 e. The second-order valence-electron chi connectivity index (χ2n) is 5.53. The third-order valence-electron chi connectivity index (χ3n) is 3.73. The van der Waals surface area contributed by atoms with E-state index in [9.17, 15) is 9.59 Å². The fourth-order valence-electron chi connectivity index (χ4n) is 2.46. The summed E-state index contributed by atoms with van der Waals surface area (Å²) in [7, 11) is 3.47. The molecule has 6 heteroatoms. The lowest BCUT2D eigenvalue weighted by atomic mass is 10.2. The Labute approximate surface area is 125 Å². The Morgan fingerprint density at radius 2 is 1.76 bits per heavy atom. The Morgan fingerprint density at radius 1 is 1.19 bits per heavy atom. The van der Waals surface area contributed by atoms with E-state index in [1.54, 1.807) is 28.8 Å². The number of urea groups is 1. The van der Waals surface area contributed by atoms with Crippen molar-refractivity contribution < 1.29 is 14.0 Å². The van der Waals surface area contributed by atoms with E-state index in [1.807, 2.05) is 19.9 Å². The fraction of sp³-hybridized carbons (Fsp3) is 0.600. The van der Waals surface area contributed by atoms with Gasteiger partial charge in [0.05, 0.1) is 0 Å². The zero-order valence-electron chi connectivity index (χ0n) is 13.2. The predicted molar refractivity (Wildman–Crippen MR) is 79.4 cm³/mol. The zero-order chi connectivity index (χ0) is 15.6. The van der Waals surface area contributed by atoms with E-state index in [0.717, 1.165) is 17.7 Å². The van der Waals surface area contributed by atoms with Crippen LogP contribution < -0.4 is 0 Å². The molecule has 2 rings (SSSR count). The molecule has 0 spiro atoms. The van der Waals surface area contributed by atoms with Crippen LogP contribution in [0.15, 0.2) is 10.5 Å². The standard InChI is InChI=1S/C15H23N3O3/c1-5-12-10-11(2)13(21-12)14(19)17-6-8-18(9-7-17)15(20)16(3)4/h10H,5-9H2,1-4H3. The van der Waals surface area contributed by atoms with Gasteiger partial charge in [-0.2, -0.15) is 0 Å². The molecule has 0 saturated carbocycles. The lowest BCUT2D eigenvalue weighted by molar-refractivity contribution is 0.0617. The van der Waals surface area contributed by atoms with E-state index in [1.165, 1.54) is 0 Å². The predicted octanol–water partition coefficient (Wildman–Crippen LogP) is 1.59. The maximum atomic E-state index is 12.5. The molecule has 21 heavy (non-hydrogen) atoms. The number of amides is 3. The van der Waals surface area contributed by atoms with Gasteiger partial charge >= 0.3 is 6.03 Å². The highest BCUT2D eigenvalue weighted by Gasteiger charge is 2.28. The van der Waals surface area contributed by atoms with E-state index in [0.29, 0.717) is 31.9 Å². The van der Waals surface area contributed by atoms with Crippen LogP contribution in [0.3, 0.4) is 0 Å². The lowest BCUT2D eigenvalue weighted by Gasteiger charge is -2.35. The summed E-state index contributed by atoms with van der Waals surface area (Å²) in [4.78, 5) is 29.4. The van der Waals surface area contributed by atoms with Gasteiger partial charge in [-0.25, -0.2) is 4.79 Å². The average molecular weight is 293 g/mol. The molecule has 3 amide bonds. The monoisotopic (exact) mass is 293 g/mol. The van der Waals surface area contributed by atoms with Crippen LogP contribution in [-0.2, 0) is 6.42 Å². The number of rotatable bonds is 2. The lowest BCUT2D eigenvalue weighted by Crippen LogP contribution is -2.52. The molecule has 1 saturated heterocycles. The third-order valence-corrected chi connectivity index (χ3v) is 3.73. The van der Waals surface area contributed by atoms with E-state index >= 15 is 0 Å². The molecule has 1 aliphatic heterocycles. The Bertz CT molecular complexity index is 528. The van der Waals surface area contributed by atoms with Gasteiger partial charge in [0.25, 0.3) is 5.91 Å². The van der Waals surface area contributed by atoms with Gasteiger partial charge in [-0.3, -0.25) is 4.79 Å². The SMILES string of the molecule is CCc1cc(C)c(C(=O)N2CCN(C(=O)N(C)C)CC2)o1. The molecule has 1 fully saturated rings. The number of hydrogen-bond acceptors (Lipinski definition) is 3. The molecule has 1 aromatic heterocycles. The number of furan rings is 1. The molecule has 0 atom stereocenters. The molecule has 0 aliphatic carbocycles.